The number of aromatic nitrogens is 1. The van der Waals surface area contributed by atoms with E-state index in [1.807, 2.05) is 19.1 Å². The van der Waals surface area contributed by atoms with Crippen LogP contribution in [0.1, 0.15) is 12.6 Å². The standard InChI is InChI=1S/C9H11NO2/c1-3-5-8-7-12-9(10-8)11-6-4-2/h3-5,7H,2,6H2,1H3/b5-3+. The Morgan fingerprint density at radius 3 is 3.25 bits per heavy atom. The van der Waals surface area contributed by atoms with E-state index in [-0.39, 0.29) is 6.08 Å². The molecule has 0 aromatic carbocycles. The monoisotopic (exact) mass is 165 g/mol. The third-order valence-corrected chi connectivity index (χ3v) is 1.16. The molecule has 0 amide bonds. The molecule has 0 aliphatic carbocycles. The topological polar surface area (TPSA) is 35.3 Å². The largest absolute Gasteiger partial charge is 0.446 e. The second kappa shape index (κ2) is 4.38. The molecule has 12 heavy (non-hydrogen) atoms. The summed E-state index contributed by atoms with van der Waals surface area (Å²) in [6.45, 7) is 5.84. The number of ether oxygens (including phenoxy) is 1. The first-order valence-electron chi connectivity index (χ1n) is 3.68. The Labute approximate surface area is 71.4 Å². The molecule has 0 saturated heterocycles. The lowest BCUT2D eigenvalue weighted by atomic mass is 10.4. The Kier molecular flexibility index (Phi) is 3.14. The third-order valence-electron chi connectivity index (χ3n) is 1.16. The van der Waals surface area contributed by atoms with Crippen LogP contribution in [0.15, 0.2) is 29.4 Å². The molecule has 0 radical (unpaired) electrons. The SMILES string of the molecule is C=CCOc1nc(/C=C/C)co1. The van der Waals surface area contributed by atoms with Gasteiger partial charge in [-0.3, -0.25) is 0 Å². The highest BCUT2D eigenvalue weighted by Gasteiger charge is 1.99. The number of oxazole rings is 1. The summed E-state index contributed by atoms with van der Waals surface area (Å²) in [5.74, 6) is 0. The van der Waals surface area contributed by atoms with Crippen molar-refractivity contribution in [1.29, 1.82) is 0 Å². The van der Waals surface area contributed by atoms with Crippen LogP contribution in [0.25, 0.3) is 6.08 Å². The summed E-state index contributed by atoms with van der Waals surface area (Å²) in [6, 6.07) is 0. The molecule has 3 heteroatoms. The average Bonchev–Trinajstić information content (AvgIpc) is 2.50. The second-order valence-corrected chi connectivity index (χ2v) is 2.14. The molecule has 1 rings (SSSR count). The molecule has 0 saturated carbocycles. The van der Waals surface area contributed by atoms with Crippen molar-refractivity contribution in [3.63, 3.8) is 0 Å². The lowest BCUT2D eigenvalue weighted by molar-refractivity contribution is 0.258. The molecule has 0 spiro atoms. The van der Waals surface area contributed by atoms with Crippen molar-refractivity contribution in [1.82, 2.24) is 4.98 Å². The molecular formula is C9H11NO2. The Balaban J connectivity index is 2.57. The molecule has 1 aromatic rings. The van der Waals surface area contributed by atoms with Crippen LogP contribution in [0.3, 0.4) is 0 Å². The molecule has 0 atom stereocenters. The molecular weight excluding hydrogens is 154 g/mol. The summed E-state index contributed by atoms with van der Waals surface area (Å²) in [5, 5.41) is 0. The van der Waals surface area contributed by atoms with E-state index in [2.05, 4.69) is 11.6 Å². The maximum atomic E-state index is 5.05. The average molecular weight is 165 g/mol. The molecule has 64 valence electrons. The van der Waals surface area contributed by atoms with Gasteiger partial charge in [-0.1, -0.05) is 18.7 Å². The van der Waals surface area contributed by atoms with E-state index in [9.17, 15) is 0 Å². The first-order chi connectivity index (χ1) is 5.86. The minimum Gasteiger partial charge on any atom is -0.446 e. The van der Waals surface area contributed by atoms with Crippen molar-refractivity contribution >= 4 is 6.08 Å². The van der Waals surface area contributed by atoms with Gasteiger partial charge in [0.15, 0.2) is 0 Å². The summed E-state index contributed by atoms with van der Waals surface area (Å²) in [7, 11) is 0. The zero-order chi connectivity index (χ0) is 8.81. The van der Waals surface area contributed by atoms with Crippen molar-refractivity contribution in [2.24, 2.45) is 0 Å². The quantitative estimate of drug-likeness (QED) is 0.642. The van der Waals surface area contributed by atoms with E-state index >= 15 is 0 Å². The lowest BCUT2D eigenvalue weighted by Crippen LogP contribution is -1.92. The van der Waals surface area contributed by atoms with Gasteiger partial charge >= 0.3 is 6.08 Å². The normalized spacial score (nSPS) is 10.4. The van der Waals surface area contributed by atoms with Gasteiger partial charge in [0, 0.05) is 0 Å². The molecule has 0 bridgehead atoms. The number of hydrogen-bond donors (Lipinski definition) is 0. The Morgan fingerprint density at radius 1 is 1.75 bits per heavy atom. The van der Waals surface area contributed by atoms with Crippen molar-refractivity contribution in [3.05, 3.63) is 30.7 Å². The number of rotatable bonds is 4. The molecule has 1 heterocycles. The first-order valence-corrected chi connectivity index (χ1v) is 3.68. The van der Waals surface area contributed by atoms with E-state index in [0.717, 1.165) is 5.69 Å². The van der Waals surface area contributed by atoms with Gasteiger partial charge in [0.25, 0.3) is 0 Å². The second-order valence-electron chi connectivity index (χ2n) is 2.14. The van der Waals surface area contributed by atoms with Gasteiger partial charge in [-0.25, -0.2) is 0 Å². The Bertz CT molecular complexity index is 276. The minimum absolute atomic E-state index is 0.281. The maximum absolute atomic E-state index is 5.05. The van der Waals surface area contributed by atoms with Gasteiger partial charge in [-0.2, -0.15) is 4.98 Å². The predicted octanol–water partition coefficient (Wildman–Crippen LogP) is 2.27. The first kappa shape index (κ1) is 8.59. The molecule has 0 N–H and O–H groups in total. The van der Waals surface area contributed by atoms with Crippen LogP contribution in [0.5, 0.6) is 6.08 Å². The van der Waals surface area contributed by atoms with Gasteiger partial charge in [-0.05, 0) is 13.0 Å². The fraction of sp³-hybridized carbons (Fsp3) is 0.222. The lowest BCUT2D eigenvalue weighted by Gasteiger charge is -1.92. The summed E-state index contributed by atoms with van der Waals surface area (Å²) in [5.41, 5.74) is 0.761. The van der Waals surface area contributed by atoms with Crippen LogP contribution in [0.2, 0.25) is 0 Å². The zero-order valence-corrected chi connectivity index (χ0v) is 6.99. The molecule has 1 aromatic heterocycles. The van der Waals surface area contributed by atoms with E-state index in [1.54, 1.807) is 12.3 Å². The summed E-state index contributed by atoms with van der Waals surface area (Å²) in [4.78, 5) is 4.01. The van der Waals surface area contributed by atoms with E-state index in [1.165, 1.54) is 0 Å². The van der Waals surface area contributed by atoms with Gasteiger partial charge in [0.1, 0.15) is 18.6 Å². The van der Waals surface area contributed by atoms with Crippen LogP contribution in [0, 0.1) is 0 Å². The van der Waals surface area contributed by atoms with Gasteiger partial charge in [-0.15, -0.1) is 0 Å². The van der Waals surface area contributed by atoms with Crippen LogP contribution in [-0.2, 0) is 0 Å². The van der Waals surface area contributed by atoms with E-state index in [0.29, 0.717) is 6.61 Å². The molecule has 0 aliphatic heterocycles. The minimum atomic E-state index is 0.281. The van der Waals surface area contributed by atoms with Gasteiger partial charge in [0.2, 0.25) is 0 Å². The van der Waals surface area contributed by atoms with Crippen molar-refractivity contribution in [2.45, 2.75) is 6.92 Å². The molecule has 0 aliphatic rings. The fourth-order valence-electron chi connectivity index (χ4n) is 0.713. The molecule has 0 fully saturated rings. The predicted molar refractivity (Wildman–Crippen MR) is 46.9 cm³/mol. The maximum Gasteiger partial charge on any atom is 0.394 e. The van der Waals surface area contributed by atoms with Crippen LogP contribution in [0.4, 0.5) is 0 Å². The van der Waals surface area contributed by atoms with Crippen molar-refractivity contribution in [3.8, 4) is 6.08 Å². The van der Waals surface area contributed by atoms with Crippen LogP contribution < -0.4 is 4.74 Å². The van der Waals surface area contributed by atoms with E-state index < -0.39 is 0 Å². The van der Waals surface area contributed by atoms with Gasteiger partial charge < -0.3 is 9.15 Å². The fourth-order valence-corrected chi connectivity index (χ4v) is 0.713. The Hall–Kier alpha value is -1.51. The highest BCUT2D eigenvalue weighted by Crippen LogP contribution is 2.10. The molecule has 3 nitrogen and oxygen atoms in total. The zero-order valence-electron chi connectivity index (χ0n) is 6.99. The van der Waals surface area contributed by atoms with E-state index in [4.69, 9.17) is 9.15 Å². The highest BCUT2D eigenvalue weighted by molar-refractivity contribution is 5.42. The summed E-state index contributed by atoms with van der Waals surface area (Å²) < 4.78 is 10.0. The summed E-state index contributed by atoms with van der Waals surface area (Å²) in [6.07, 6.45) is 7.18. The smallest absolute Gasteiger partial charge is 0.394 e. The van der Waals surface area contributed by atoms with Crippen molar-refractivity contribution < 1.29 is 9.15 Å². The van der Waals surface area contributed by atoms with Crippen LogP contribution >= 0.6 is 0 Å². The summed E-state index contributed by atoms with van der Waals surface area (Å²) >= 11 is 0. The molecule has 0 unspecified atom stereocenters. The van der Waals surface area contributed by atoms with Gasteiger partial charge in [0.05, 0.1) is 0 Å². The highest BCUT2D eigenvalue weighted by atomic mass is 16.6. The Morgan fingerprint density at radius 2 is 2.58 bits per heavy atom. The van der Waals surface area contributed by atoms with Crippen molar-refractivity contribution in [2.75, 3.05) is 6.61 Å². The number of allylic oxidation sites excluding steroid dienone is 1. The van der Waals surface area contributed by atoms with Crippen LogP contribution in [-0.4, -0.2) is 11.6 Å². The third kappa shape index (κ3) is 2.27. The number of hydrogen-bond acceptors (Lipinski definition) is 3. The number of nitrogens with zero attached hydrogens (tertiary/aromatic N) is 1.